The van der Waals surface area contributed by atoms with Crippen LogP contribution in [0.3, 0.4) is 0 Å². The van der Waals surface area contributed by atoms with Crippen molar-refractivity contribution in [2.24, 2.45) is 0 Å². The highest BCUT2D eigenvalue weighted by Gasteiger charge is 2.10. The summed E-state index contributed by atoms with van der Waals surface area (Å²) in [6.45, 7) is 0. The highest BCUT2D eigenvalue weighted by molar-refractivity contribution is 9.10. The Morgan fingerprint density at radius 2 is 2.05 bits per heavy atom. The normalized spacial score (nSPS) is 10.5. The molecule has 0 aromatic heterocycles. The first kappa shape index (κ1) is 16.3. The zero-order valence-corrected chi connectivity index (χ0v) is 14.2. The van der Waals surface area contributed by atoms with Crippen molar-refractivity contribution in [3.05, 3.63) is 52.5 Å². The van der Waals surface area contributed by atoms with Crippen LogP contribution in [-0.4, -0.2) is 23.5 Å². The highest BCUT2D eigenvalue weighted by atomic mass is 79.9. The monoisotopic (exact) mass is 380 g/mol. The van der Waals surface area contributed by atoms with Gasteiger partial charge in [0.15, 0.2) is 11.5 Å². The Morgan fingerprint density at radius 3 is 2.73 bits per heavy atom. The van der Waals surface area contributed by atoms with Gasteiger partial charge in [0.05, 0.1) is 12.7 Å². The minimum atomic E-state index is 0.0435. The zero-order chi connectivity index (χ0) is 15.9. The third-order valence-electron chi connectivity index (χ3n) is 2.73. The molecule has 114 valence electrons. The molecule has 7 heteroatoms. The zero-order valence-electron chi connectivity index (χ0n) is 11.8. The van der Waals surface area contributed by atoms with Gasteiger partial charge in [-0.15, -0.1) is 10.5 Å². The van der Waals surface area contributed by atoms with E-state index in [0.717, 1.165) is 10.2 Å². The largest absolute Gasteiger partial charge is 0.504 e. The number of thiocarbonyl (C=S) groups is 1. The number of ether oxygens (including phenoxy) is 1. The van der Waals surface area contributed by atoms with E-state index in [9.17, 15) is 5.11 Å². The summed E-state index contributed by atoms with van der Waals surface area (Å²) in [6.07, 6.45) is 1.58. The number of rotatable bonds is 4. The summed E-state index contributed by atoms with van der Waals surface area (Å²) in [5.41, 5.74) is 4.25. The van der Waals surface area contributed by atoms with Crippen LogP contribution in [0.2, 0.25) is 0 Å². The van der Waals surface area contributed by atoms with Crippen LogP contribution in [0.5, 0.6) is 11.5 Å². The number of hydrogen-bond donors (Lipinski definition) is 4. The van der Waals surface area contributed by atoms with Gasteiger partial charge in [-0.3, -0.25) is 0 Å². The van der Waals surface area contributed by atoms with E-state index >= 15 is 0 Å². The molecule has 0 aliphatic heterocycles. The van der Waals surface area contributed by atoms with E-state index in [1.807, 2.05) is 30.3 Å². The quantitative estimate of drug-likeness (QED) is 0.368. The van der Waals surface area contributed by atoms with Crippen molar-refractivity contribution in [2.45, 2.75) is 0 Å². The summed E-state index contributed by atoms with van der Waals surface area (Å²) in [4.78, 5) is 0. The van der Waals surface area contributed by atoms with Crippen molar-refractivity contribution in [2.75, 3.05) is 12.4 Å². The Balaban J connectivity index is 2.01. The van der Waals surface area contributed by atoms with Gasteiger partial charge in [-0.2, -0.15) is 0 Å². The molecule has 2 rings (SSSR count). The van der Waals surface area contributed by atoms with Gasteiger partial charge in [0, 0.05) is 10.2 Å². The van der Waals surface area contributed by atoms with Crippen LogP contribution < -0.4 is 20.6 Å². The van der Waals surface area contributed by atoms with E-state index in [2.05, 4.69) is 31.8 Å². The maximum absolute atomic E-state index is 10.0. The van der Waals surface area contributed by atoms with Crippen molar-refractivity contribution in [1.82, 2.24) is 5.43 Å². The third-order valence-corrected chi connectivity index (χ3v) is 3.40. The SMILES string of the molecule is COc1cc(Br)cc(/C=[NH+]/NC(=S)Nc2ccccc2)c1O. The number of nitrogens with one attached hydrogen (secondary N) is 3. The van der Waals surface area contributed by atoms with Crippen LogP contribution in [-0.2, 0) is 0 Å². The fourth-order valence-electron chi connectivity index (χ4n) is 1.72. The molecule has 0 amide bonds. The van der Waals surface area contributed by atoms with Crippen LogP contribution in [0.25, 0.3) is 0 Å². The molecule has 0 fully saturated rings. The van der Waals surface area contributed by atoms with Crippen LogP contribution in [0.15, 0.2) is 46.9 Å². The predicted octanol–water partition coefficient (Wildman–Crippen LogP) is 1.56. The van der Waals surface area contributed by atoms with E-state index in [0.29, 0.717) is 16.4 Å². The van der Waals surface area contributed by atoms with Crippen molar-refractivity contribution in [3.8, 4) is 11.5 Å². The molecule has 0 aliphatic rings. The molecule has 4 N–H and O–H groups in total. The summed E-state index contributed by atoms with van der Waals surface area (Å²) >= 11 is 8.51. The molecule has 0 saturated heterocycles. The lowest BCUT2D eigenvalue weighted by atomic mass is 10.2. The number of hydrazine groups is 1. The van der Waals surface area contributed by atoms with Gasteiger partial charge >= 0.3 is 0 Å². The van der Waals surface area contributed by atoms with Crippen LogP contribution >= 0.6 is 28.1 Å². The molecule has 0 heterocycles. The third kappa shape index (κ3) is 4.44. The lowest BCUT2D eigenvalue weighted by molar-refractivity contribution is -0.499. The standard InChI is InChI=1S/C15H14BrN3O2S/c1-21-13-8-11(16)7-10(14(13)20)9-17-19-15(22)18-12-5-3-2-4-6-12/h2-9,20H,1H3,(H2,18,19,22)/p+1/b17-9+. The fourth-order valence-corrected chi connectivity index (χ4v) is 2.35. The van der Waals surface area contributed by atoms with E-state index in [4.69, 9.17) is 17.0 Å². The van der Waals surface area contributed by atoms with E-state index in [1.54, 1.807) is 18.3 Å². The molecule has 0 unspecified atom stereocenters. The first-order chi connectivity index (χ1) is 10.6. The lowest BCUT2D eigenvalue weighted by Crippen LogP contribution is -2.82. The van der Waals surface area contributed by atoms with E-state index in [1.165, 1.54) is 7.11 Å². The highest BCUT2D eigenvalue weighted by Crippen LogP contribution is 2.32. The van der Waals surface area contributed by atoms with Crippen molar-refractivity contribution in [1.29, 1.82) is 0 Å². The second-order valence-corrected chi connectivity index (χ2v) is 5.60. The summed E-state index contributed by atoms with van der Waals surface area (Å²) in [6, 6.07) is 13.0. The number of phenols is 1. The number of aromatic hydroxyl groups is 1. The van der Waals surface area contributed by atoms with Gasteiger partial charge in [0.25, 0.3) is 0 Å². The van der Waals surface area contributed by atoms with Crippen LogP contribution in [0.4, 0.5) is 5.69 Å². The average molecular weight is 381 g/mol. The maximum Gasteiger partial charge on any atom is 0.228 e. The van der Waals surface area contributed by atoms with Crippen molar-refractivity contribution in [3.63, 3.8) is 0 Å². The molecule has 0 aliphatic carbocycles. The summed E-state index contributed by atoms with van der Waals surface area (Å²) in [5.74, 6) is 0.425. The number of methoxy groups -OCH3 is 1. The van der Waals surface area contributed by atoms with E-state index in [-0.39, 0.29) is 5.75 Å². The molecule has 0 saturated carbocycles. The smallest absolute Gasteiger partial charge is 0.228 e. The number of benzene rings is 2. The van der Waals surface area contributed by atoms with Crippen molar-refractivity contribution < 1.29 is 14.9 Å². The van der Waals surface area contributed by atoms with Crippen LogP contribution in [0.1, 0.15) is 5.56 Å². The molecule has 22 heavy (non-hydrogen) atoms. The Kier molecular flexibility index (Phi) is 5.74. The Hall–Kier alpha value is -2.12. The molecule has 0 atom stereocenters. The molecule has 0 bridgehead atoms. The van der Waals surface area contributed by atoms with Crippen LogP contribution in [0, 0.1) is 0 Å². The Labute approximate surface area is 142 Å². The summed E-state index contributed by atoms with van der Waals surface area (Å²) in [5, 5.41) is 16.3. The molecular weight excluding hydrogens is 366 g/mol. The second-order valence-electron chi connectivity index (χ2n) is 4.28. The van der Waals surface area contributed by atoms with Gasteiger partial charge in [-0.05, 0) is 36.5 Å². The number of anilines is 1. The van der Waals surface area contributed by atoms with Crippen molar-refractivity contribution >= 4 is 45.2 Å². The topological polar surface area (TPSA) is 67.5 Å². The number of hydrogen-bond acceptors (Lipinski definition) is 3. The number of hydrazone groups is 1. The first-order valence-electron chi connectivity index (χ1n) is 6.37. The minimum absolute atomic E-state index is 0.0435. The molecule has 2 aromatic rings. The number of phenolic OH excluding ortho intramolecular Hbond substituents is 1. The molecule has 2 aromatic carbocycles. The predicted molar refractivity (Wildman–Crippen MR) is 94.3 cm³/mol. The van der Waals surface area contributed by atoms with Gasteiger partial charge in [-0.1, -0.05) is 34.1 Å². The fraction of sp³-hybridized carbons (Fsp3) is 0.0667. The van der Waals surface area contributed by atoms with Gasteiger partial charge in [0.1, 0.15) is 0 Å². The lowest BCUT2D eigenvalue weighted by Gasteiger charge is -2.06. The van der Waals surface area contributed by atoms with Gasteiger partial charge < -0.3 is 15.2 Å². The summed E-state index contributed by atoms with van der Waals surface area (Å²) in [7, 11) is 1.50. The number of para-hydroxylation sites is 1. The Morgan fingerprint density at radius 1 is 1.32 bits per heavy atom. The molecule has 0 spiro atoms. The number of halogens is 1. The average Bonchev–Trinajstić information content (AvgIpc) is 2.51. The van der Waals surface area contributed by atoms with Gasteiger partial charge in [-0.25, -0.2) is 0 Å². The molecule has 5 nitrogen and oxygen atoms in total. The molecular formula is C15H15BrN3O2S+. The minimum Gasteiger partial charge on any atom is -0.504 e. The molecule has 0 radical (unpaired) electrons. The second kappa shape index (κ2) is 7.77. The summed E-state index contributed by atoms with van der Waals surface area (Å²) < 4.78 is 5.88. The van der Waals surface area contributed by atoms with E-state index < -0.39 is 0 Å². The Bertz CT molecular complexity index is 693. The first-order valence-corrected chi connectivity index (χ1v) is 7.57. The maximum atomic E-state index is 10.0. The van der Waals surface area contributed by atoms with Gasteiger partial charge in [0.2, 0.25) is 11.3 Å².